The molecule has 0 unspecified atom stereocenters. The highest BCUT2D eigenvalue weighted by molar-refractivity contribution is 7.24. The van der Waals surface area contributed by atoms with E-state index >= 15 is 0 Å². The SMILES string of the molecule is CCCCCN(CCCCC)c1ccc2nc3ccc(N(CCCCC)CCCCC)cc3[s+]c2c1.[Br-]. The van der Waals surface area contributed by atoms with Crippen LogP contribution in [0.25, 0.3) is 20.4 Å². The topological polar surface area (TPSA) is 19.4 Å². The van der Waals surface area contributed by atoms with Crippen molar-refractivity contribution in [3.63, 3.8) is 0 Å². The zero-order chi connectivity index (χ0) is 25.6. The average Bonchev–Trinajstić information content (AvgIpc) is 2.90. The van der Waals surface area contributed by atoms with Crippen molar-refractivity contribution in [3.05, 3.63) is 36.4 Å². The van der Waals surface area contributed by atoms with E-state index in [2.05, 4.69) is 73.9 Å². The van der Waals surface area contributed by atoms with Crippen molar-refractivity contribution in [1.82, 2.24) is 4.98 Å². The highest BCUT2D eigenvalue weighted by Gasteiger charge is 2.17. The van der Waals surface area contributed by atoms with Gasteiger partial charge in [0.05, 0.1) is 0 Å². The van der Waals surface area contributed by atoms with E-state index < -0.39 is 0 Å². The van der Waals surface area contributed by atoms with Gasteiger partial charge < -0.3 is 26.8 Å². The number of hydrogen-bond donors (Lipinski definition) is 0. The van der Waals surface area contributed by atoms with Gasteiger partial charge in [-0.3, -0.25) is 0 Å². The van der Waals surface area contributed by atoms with Crippen molar-refractivity contribution in [1.29, 1.82) is 0 Å². The van der Waals surface area contributed by atoms with Crippen LogP contribution in [0.3, 0.4) is 0 Å². The van der Waals surface area contributed by atoms with Crippen molar-refractivity contribution in [2.24, 2.45) is 0 Å². The van der Waals surface area contributed by atoms with Gasteiger partial charge in [-0.1, -0.05) is 79.1 Å². The lowest BCUT2D eigenvalue weighted by Gasteiger charge is -2.25. The molecular weight excluding hydrogens is 538 g/mol. The van der Waals surface area contributed by atoms with Crippen molar-refractivity contribution >= 4 is 43.1 Å². The zero-order valence-electron chi connectivity index (χ0n) is 23.9. The van der Waals surface area contributed by atoms with Gasteiger partial charge >= 0.3 is 0 Å². The molecular formula is C32H50BrN3S. The predicted molar refractivity (Wildman–Crippen MR) is 164 cm³/mol. The maximum Gasteiger partial charge on any atom is 0.259 e. The fourth-order valence-corrected chi connectivity index (χ4v) is 5.98. The fourth-order valence-electron chi connectivity index (χ4n) is 4.95. The normalized spacial score (nSPS) is 11.1. The Kier molecular flexibility index (Phi) is 15.4. The Morgan fingerprint density at radius 1 is 0.541 bits per heavy atom. The summed E-state index contributed by atoms with van der Waals surface area (Å²) >= 11 is 1.91. The van der Waals surface area contributed by atoms with E-state index in [4.69, 9.17) is 4.98 Å². The predicted octanol–water partition coefficient (Wildman–Crippen LogP) is 7.11. The van der Waals surface area contributed by atoms with Crippen molar-refractivity contribution in [2.45, 2.75) is 105 Å². The van der Waals surface area contributed by atoms with E-state index in [-0.39, 0.29) is 17.0 Å². The Bertz CT molecular complexity index is 942. The molecule has 0 radical (unpaired) electrons. The first kappa shape index (κ1) is 31.8. The Balaban J connectivity index is 0.00000481. The van der Waals surface area contributed by atoms with Gasteiger partial charge in [0.1, 0.15) is 11.0 Å². The average molecular weight is 589 g/mol. The lowest BCUT2D eigenvalue weighted by molar-refractivity contribution is -0.00000756. The molecule has 0 aliphatic carbocycles. The molecule has 0 fully saturated rings. The third kappa shape index (κ3) is 9.98. The van der Waals surface area contributed by atoms with Crippen LogP contribution in [-0.2, 0) is 0 Å². The second-order valence-corrected chi connectivity index (χ2v) is 11.4. The number of hydrogen-bond acceptors (Lipinski definition) is 3. The molecule has 0 N–H and O–H groups in total. The molecule has 0 aliphatic heterocycles. The number of halogens is 1. The van der Waals surface area contributed by atoms with Gasteiger partial charge in [0.25, 0.3) is 9.40 Å². The molecule has 0 bridgehead atoms. The molecule has 3 aromatic rings. The number of fused-ring (bicyclic) bond motifs is 2. The molecule has 0 spiro atoms. The number of anilines is 2. The Labute approximate surface area is 241 Å². The standard InChI is InChI=1S/C32H50N3S.BrH/c1-5-9-13-21-34(22-14-10-6-2)27-17-19-29-31(25-27)36-32-26-28(18-20-30(32)33-29)35(23-15-11-7-3)24-16-12-8-4;/h17-20,25-26H,5-16,21-24H2,1-4H3;1H/q+1;/p-1. The molecule has 0 saturated carbocycles. The van der Waals surface area contributed by atoms with Gasteiger partial charge in [-0.25, -0.2) is 4.98 Å². The fraction of sp³-hybridized carbons (Fsp3) is 0.625. The van der Waals surface area contributed by atoms with Crippen LogP contribution in [-0.4, -0.2) is 31.2 Å². The summed E-state index contributed by atoms with van der Waals surface area (Å²) in [5, 5.41) is 0. The van der Waals surface area contributed by atoms with Crippen LogP contribution < -0.4 is 26.8 Å². The molecule has 3 nitrogen and oxygen atoms in total. The highest BCUT2D eigenvalue weighted by atomic mass is 79.9. The van der Waals surface area contributed by atoms with Crippen LogP contribution >= 0.6 is 11.3 Å². The number of rotatable bonds is 18. The first-order chi connectivity index (χ1) is 17.7. The second kappa shape index (κ2) is 17.9. The van der Waals surface area contributed by atoms with E-state index in [0.717, 1.165) is 37.2 Å². The third-order valence-corrected chi connectivity index (χ3v) is 8.30. The lowest BCUT2D eigenvalue weighted by Crippen LogP contribution is -3.00. The summed E-state index contributed by atoms with van der Waals surface area (Å²) in [5.74, 6) is 0. The number of aromatic nitrogens is 1. The molecule has 5 heteroatoms. The summed E-state index contributed by atoms with van der Waals surface area (Å²) < 4.78 is 2.60. The van der Waals surface area contributed by atoms with Crippen LogP contribution in [0.15, 0.2) is 36.4 Å². The minimum absolute atomic E-state index is 0. The molecule has 0 atom stereocenters. The quantitative estimate of drug-likeness (QED) is 0.0897. The summed E-state index contributed by atoms with van der Waals surface area (Å²) in [7, 11) is 0. The van der Waals surface area contributed by atoms with Crippen molar-refractivity contribution in [2.75, 3.05) is 36.0 Å². The Morgan fingerprint density at radius 2 is 0.892 bits per heavy atom. The molecule has 206 valence electrons. The molecule has 0 saturated heterocycles. The smallest absolute Gasteiger partial charge is 0.259 e. The summed E-state index contributed by atoms with van der Waals surface area (Å²) in [6.07, 6.45) is 15.4. The molecule has 37 heavy (non-hydrogen) atoms. The Hall–Kier alpha value is -1.46. The highest BCUT2D eigenvalue weighted by Crippen LogP contribution is 2.32. The van der Waals surface area contributed by atoms with E-state index in [9.17, 15) is 0 Å². The van der Waals surface area contributed by atoms with Crippen LogP contribution in [0, 0.1) is 0 Å². The van der Waals surface area contributed by atoms with E-state index in [1.165, 1.54) is 97.8 Å². The van der Waals surface area contributed by atoms with Crippen LogP contribution in [0.5, 0.6) is 0 Å². The monoisotopic (exact) mass is 587 g/mol. The number of benzene rings is 2. The molecule has 0 aliphatic rings. The van der Waals surface area contributed by atoms with Crippen LogP contribution in [0.1, 0.15) is 105 Å². The number of unbranched alkanes of at least 4 members (excludes halogenated alkanes) is 8. The van der Waals surface area contributed by atoms with Gasteiger partial charge in [-0.15, -0.1) is 0 Å². The number of nitrogens with zero attached hydrogens (tertiary/aromatic N) is 3. The minimum atomic E-state index is 0. The van der Waals surface area contributed by atoms with E-state index in [1.54, 1.807) is 0 Å². The van der Waals surface area contributed by atoms with E-state index in [0.29, 0.717) is 0 Å². The maximum atomic E-state index is 5.05. The molecule has 1 aromatic heterocycles. The summed E-state index contributed by atoms with van der Waals surface area (Å²) in [6.45, 7) is 13.8. The minimum Gasteiger partial charge on any atom is -1.00 e. The second-order valence-electron chi connectivity index (χ2n) is 10.3. The summed E-state index contributed by atoms with van der Waals surface area (Å²) in [6, 6.07) is 13.9. The molecule has 1 heterocycles. The van der Waals surface area contributed by atoms with Crippen molar-refractivity contribution in [3.8, 4) is 0 Å². The summed E-state index contributed by atoms with van der Waals surface area (Å²) in [5.41, 5.74) is 4.97. The largest absolute Gasteiger partial charge is 1.00 e. The van der Waals surface area contributed by atoms with Crippen LogP contribution in [0.2, 0.25) is 0 Å². The van der Waals surface area contributed by atoms with Gasteiger partial charge in [0.2, 0.25) is 11.3 Å². The van der Waals surface area contributed by atoms with Gasteiger partial charge in [0.15, 0.2) is 0 Å². The lowest BCUT2D eigenvalue weighted by atomic mass is 10.2. The zero-order valence-corrected chi connectivity index (χ0v) is 26.3. The van der Waals surface area contributed by atoms with Gasteiger partial charge in [-0.2, -0.15) is 0 Å². The maximum absolute atomic E-state index is 5.05. The molecule has 2 aromatic carbocycles. The first-order valence-electron chi connectivity index (χ1n) is 14.9. The van der Waals surface area contributed by atoms with Crippen LogP contribution in [0.4, 0.5) is 11.4 Å². The molecule has 3 rings (SSSR count). The Morgan fingerprint density at radius 3 is 1.22 bits per heavy atom. The molecule has 0 amide bonds. The summed E-state index contributed by atoms with van der Waals surface area (Å²) in [4.78, 5) is 10.3. The van der Waals surface area contributed by atoms with E-state index in [1.807, 2.05) is 11.3 Å². The third-order valence-electron chi connectivity index (χ3n) is 7.20. The van der Waals surface area contributed by atoms with Gasteiger partial charge in [-0.05, 0) is 49.9 Å². The van der Waals surface area contributed by atoms with Crippen molar-refractivity contribution < 1.29 is 17.0 Å². The van der Waals surface area contributed by atoms with Gasteiger partial charge in [0, 0.05) is 49.7 Å². The first-order valence-corrected chi connectivity index (χ1v) is 15.7.